The van der Waals surface area contributed by atoms with Gasteiger partial charge in [0.2, 0.25) is 5.91 Å². The number of carbonyl (C=O) groups excluding carboxylic acids is 1. The van der Waals surface area contributed by atoms with Gasteiger partial charge in [-0.3, -0.25) is 9.78 Å². The number of nitrogens with zero attached hydrogens (tertiary/aromatic N) is 1. The van der Waals surface area contributed by atoms with Crippen molar-refractivity contribution in [2.75, 3.05) is 11.9 Å². The first-order valence-corrected chi connectivity index (χ1v) is 6.12. The number of H-pyrrole nitrogens is 1. The highest BCUT2D eigenvalue weighted by Crippen LogP contribution is 2.20. The van der Waals surface area contributed by atoms with Crippen molar-refractivity contribution in [3.63, 3.8) is 0 Å². The second-order valence-electron chi connectivity index (χ2n) is 4.66. The van der Waals surface area contributed by atoms with Crippen molar-refractivity contribution >= 4 is 22.7 Å². The van der Waals surface area contributed by atoms with Gasteiger partial charge in [0, 0.05) is 25.2 Å². The van der Waals surface area contributed by atoms with Crippen LogP contribution < -0.4 is 16.4 Å². The molecule has 0 bridgehead atoms. The maximum Gasteiger partial charge on any atom is 0.417 e. The molecule has 102 valence electrons. The fourth-order valence-electron chi connectivity index (χ4n) is 1.81. The van der Waals surface area contributed by atoms with Gasteiger partial charge in [-0.05, 0) is 31.5 Å². The number of aromatic amines is 1. The van der Waals surface area contributed by atoms with Crippen molar-refractivity contribution in [2.24, 2.45) is 5.73 Å². The number of oxazole rings is 1. The van der Waals surface area contributed by atoms with Gasteiger partial charge >= 0.3 is 5.76 Å². The van der Waals surface area contributed by atoms with E-state index in [1.807, 2.05) is 6.92 Å². The fourth-order valence-corrected chi connectivity index (χ4v) is 1.81. The van der Waals surface area contributed by atoms with E-state index < -0.39 is 5.76 Å². The standard InChI is InChI=1S/C13H17N3O3/c1-8(14)3-6-12(17)16(2)9-4-5-11-10(7-9)15-13(18)19-11/h4-5,7-8H,3,6,14H2,1-2H3,(H,15,18). The minimum Gasteiger partial charge on any atom is -0.408 e. The van der Waals surface area contributed by atoms with E-state index in [4.69, 9.17) is 10.2 Å². The minimum absolute atomic E-state index is 0.00468. The summed E-state index contributed by atoms with van der Waals surface area (Å²) in [5, 5.41) is 0. The summed E-state index contributed by atoms with van der Waals surface area (Å²) in [6.07, 6.45) is 1.04. The number of hydrogen-bond donors (Lipinski definition) is 2. The topological polar surface area (TPSA) is 92.3 Å². The Balaban J connectivity index is 2.18. The lowest BCUT2D eigenvalue weighted by Crippen LogP contribution is -2.28. The second-order valence-corrected chi connectivity index (χ2v) is 4.66. The van der Waals surface area contributed by atoms with Crippen LogP contribution in [0.2, 0.25) is 0 Å². The largest absolute Gasteiger partial charge is 0.417 e. The summed E-state index contributed by atoms with van der Waals surface area (Å²) in [6, 6.07) is 5.12. The average Bonchev–Trinajstić information content (AvgIpc) is 2.73. The van der Waals surface area contributed by atoms with Crippen molar-refractivity contribution in [3.05, 3.63) is 28.7 Å². The van der Waals surface area contributed by atoms with Crippen molar-refractivity contribution in [1.82, 2.24) is 4.98 Å². The molecule has 0 fully saturated rings. The number of amides is 1. The maximum atomic E-state index is 12.0. The molecule has 1 atom stereocenters. The number of rotatable bonds is 4. The van der Waals surface area contributed by atoms with Gasteiger partial charge in [0.15, 0.2) is 5.58 Å². The predicted octanol–water partition coefficient (Wildman–Crippen LogP) is 1.21. The lowest BCUT2D eigenvalue weighted by Gasteiger charge is -2.17. The summed E-state index contributed by atoms with van der Waals surface area (Å²) in [7, 11) is 1.70. The van der Waals surface area contributed by atoms with Gasteiger partial charge in [0.25, 0.3) is 0 Å². The lowest BCUT2D eigenvalue weighted by atomic mass is 10.1. The molecule has 6 nitrogen and oxygen atoms in total. The van der Waals surface area contributed by atoms with Gasteiger partial charge < -0.3 is 15.1 Å². The van der Waals surface area contributed by atoms with Crippen LogP contribution in [0.5, 0.6) is 0 Å². The third-order valence-corrected chi connectivity index (χ3v) is 2.98. The Hall–Kier alpha value is -2.08. The van der Waals surface area contributed by atoms with Crippen LogP contribution >= 0.6 is 0 Å². The summed E-state index contributed by atoms with van der Waals surface area (Å²) < 4.78 is 4.91. The molecule has 6 heteroatoms. The molecular formula is C13H17N3O3. The highest BCUT2D eigenvalue weighted by molar-refractivity contribution is 5.94. The van der Waals surface area contributed by atoms with Gasteiger partial charge in [-0.1, -0.05) is 0 Å². The van der Waals surface area contributed by atoms with Crippen LogP contribution in [0.25, 0.3) is 11.1 Å². The van der Waals surface area contributed by atoms with Gasteiger partial charge in [0.1, 0.15) is 0 Å². The van der Waals surface area contributed by atoms with E-state index in [2.05, 4.69) is 4.98 Å². The predicted molar refractivity (Wildman–Crippen MR) is 73.1 cm³/mol. The van der Waals surface area contributed by atoms with E-state index in [-0.39, 0.29) is 11.9 Å². The molecule has 0 saturated heterocycles. The molecule has 2 rings (SSSR count). The molecule has 1 heterocycles. The number of carbonyl (C=O) groups is 1. The van der Waals surface area contributed by atoms with Gasteiger partial charge in [-0.15, -0.1) is 0 Å². The fraction of sp³-hybridized carbons (Fsp3) is 0.385. The number of fused-ring (bicyclic) bond motifs is 1. The minimum atomic E-state index is -0.502. The van der Waals surface area contributed by atoms with Gasteiger partial charge in [-0.25, -0.2) is 4.79 Å². The number of anilines is 1. The van der Waals surface area contributed by atoms with Crippen molar-refractivity contribution in [2.45, 2.75) is 25.8 Å². The molecule has 19 heavy (non-hydrogen) atoms. The molecule has 1 unspecified atom stereocenters. The van der Waals surface area contributed by atoms with Crippen molar-refractivity contribution < 1.29 is 9.21 Å². The normalized spacial score (nSPS) is 12.6. The maximum absolute atomic E-state index is 12.0. The second kappa shape index (κ2) is 5.27. The first-order chi connectivity index (χ1) is 8.97. The Morgan fingerprint density at radius 2 is 2.26 bits per heavy atom. The molecular weight excluding hydrogens is 246 g/mol. The van der Waals surface area contributed by atoms with E-state index >= 15 is 0 Å². The molecule has 1 aromatic heterocycles. The Labute approximate surface area is 110 Å². The molecule has 0 spiro atoms. The summed E-state index contributed by atoms with van der Waals surface area (Å²) in [5.74, 6) is -0.513. The Morgan fingerprint density at radius 3 is 2.95 bits per heavy atom. The average molecular weight is 263 g/mol. The van der Waals surface area contributed by atoms with E-state index in [0.717, 1.165) is 0 Å². The van der Waals surface area contributed by atoms with Crippen LogP contribution in [0, 0.1) is 0 Å². The van der Waals surface area contributed by atoms with Crippen LogP contribution in [0.3, 0.4) is 0 Å². The van der Waals surface area contributed by atoms with Crippen LogP contribution in [-0.2, 0) is 4.79 Å². The molecule has 1 aromatic carbocycles. The molecule has 0 saturated carbocycles. The van der Waals surface area contributed by atoms with E-state index in [1.54, 1.807) is 30.1 Å². The Bertz CT molecular complexity index is 642. The number of nitrogens with one attached hydrogen (secondary N) is 1. The smallest absolute Gasteiger partial charge is 0.408 e. The van der Waals surface area contributed by atoms with Crippen molar-refractivity contribution in [3.8, 4) is 0 Å². The van der Waals surface area contributed by atoms with E-state index in [9.17, 15) is 9.59 Å². The molecule has 2 aromatic rings. The highest BCUT2D eigenvalue weighted by atomic mass is 16.4. The van der Waals surface area contributed by atoms with Crippen molar-refractivity contribution in [1.29, 1.82) is 0 Å². The zero-order valence-corrected chi connectivity index (χ0v) is 11.0. The lowest BCUT2D eigenvalue weighted by molar-refractivity contribution is -0.118. The Morgan fingerprint density at radius 1 is 1.53 bits per heavy atom. The molecule has 0 radical (unpaired) electrons. The summed E-state index contributed by atoms with van der Waals surface area (Å²) in [5.41, 5.74) is 7.40. The SMILES string of the molecule is CC(N)CCC(=O)N(C)c1ccc2oc(=O)[nH]c2c1. The zero-order chi connectivity index (χ0) is 14.0. The summed E-state index contributed by atoms with van der Waals surface area (Å²) >= 11 is 0. The number of nitrogens with two attached hydrogens (primary N) is 1. The van der Waals surface area contributed by atoms with Crippen LogP contribution in [0.15, 0.2) is 27.4 Å². The monoisotopic (exact) mass is 263 g/mol. The molecule has 1 amide bonds. The molecule has 0 aliphatic rings. The first kappa shape index (κ1) is 13.4. The van der Waals surface area contributed by atoms with Crippen LogP contribution in [-0.4, -0.2) is 24.0 Å². The third kappa shape index (κ3) is 3.03. The zero-order valence-electron chi connectivity index (χ0n) is 11.0. The molecule has 0 aliphatic heterocycles. The summed E-state index contributed by atoms with van der Waals surface area (Å²) in [4.78, 5) is 27.1. The van der Waals surface area contributed by atoms with Crippen LogP contribution in [0.4, 0.5) is 5.69 Å². The third-order valence-electron chi connectivity index (χ3n) is 2.98. The van der Waals surface area contributed by atoms with Crippen LogP contribution in [0.1, 0.15) is 19.8 Å². The van der Waals surface area contributed by atoms with Gasteiger partial charge in [-0.2, -0.15) is 0 Å². The van der Waals surface area contributed by atoms with E-state index in [0.29, 0.717) is 29.6 Å². The summed E-state index contributed by atoms with van der Waals surface area (Å²) in [6.45, 7) is 1.87. The van der Waals surface area contributed by atoms with Gasteiger partial charge in [0.05, 0.1) is 5.52 Å². The number of aromatic nitrogens is 1. The molecule has 3 N–H and O–H groups in total. The number of benzene rings is 1. The number of hydrogen-bond acceptors (Lipinski definition) is 4. The first-order valence-electron chi connectivity index (χ1n) is 6.12. The van der Waals surface area contributed by atoms with E-state index in [1.165, 1.54) is 0 Å². The highest BCUT2D eigenvalue weighted by Gasteiger charge is 2.13. The Kier molecular flexibility index (Phi) is 3.71. The quantitative estimate of drug-likeness (QED) is 0.867. The molecule has 0 aliphatic carbocycles.